The van der Waals surface area contributed by atoms with E-state index in [4.69, 9.17) is 0 Å². The molecule has 0 radical (unpaired) electrons. The molecule has 3 nitrogen and oxygen atoms in total. The zero-order valence-corrected chi connectivity index (χ0v) is 14.2. The summed E-state index contributed by atoms with van der Waals surface area (Å²) in [5, 5.41) is 2.73. The molecular formula is C17H18BrFN2O. The Balaban J connectivity index is 1.97. The summed E-state index contributed by atoms with van der Waals surface area (Å²) in [6, 6.07) is 12.3. The first-order valence-electron chi connectivity index (χ1n) is 6.91. The van der Waals surface area contributed by atoms with Gasteiger partial charge in [-0.1, -0.05) is 40.2 Å². The standard InChI is InChI=1S/C17H18BrFN2O/c1-21(2)11-13-5-3-12(4-6-13)10-20-17(22)15-9-14(18)7-8-16(15)19/h3-9H,10-11H2,1-2H3,(H,20,22). The van der Waals surface area contributed by atoms with Crippen LogP contribution in [0.4, 0.5) is 4.39 Å². The number of hydrogen-bond acceptors (Lipinski definition) is 2. The van der Waals surface area contributed by atoms with Gasteiger partial charge >= 0.3 is 0 Å². The minimum atomic E-state index is -0.526. The van der Waals surface area contributed by atoms with Gasteiger partial charge in [0.15, 0.2) is 0 Å². The molecule has 0 bridgehead atoms. The number of halogens is 2. The highest BCUT2D eigenvalue weighted by molar-refractivity contribution is 9.10. The number of carbonyl (C=O) groups is 1. The second-order valence-corrected chi connectivity index (χ2v) is 6.28. The molecule has 1 N–H and O–H groups in total. The molecule has 0 aliphatic rings. The fourth-order valence-corrected chi connectivity index (χ4v) is 2.44. The first kappa shape index (κ1) is 16.6. The number of nitrogens with zero attached hydrogens (tertiary/aromatic N) is 1. The van der Waals surface area contributed by atoms with E-state index < -0.39 is 11.7 Å². The Bertz CT molecular complexity index is 656. The Morgan fingerprint density at radius 3 is 2.41 bits per heavy atom. The maximum atomic E-state index is 13.6. The van der Waals surface area contributed by atoms with Crippen molar-refractivity contribution < 1.29 is 9.18 Å². The number of hydrogen-bond donors (Lipinski definition) is 1. The number of nitrogens with one attached hydrogen (secondary N) is 1. The maximum Gasteiger partial charge on any atom is 0.254 e. The molecule has 116 valence electrons. The largest absolute Gasteiger partial charge is 0.348 e. The van der Waals surface area contributed by atoms with Gasteiger partial charge in [-0.05, 0) is 43.4 Å². The Hall–Kier alpha value is -1.72. The molecule has 2 aromatic carbocycles. The SMILES string of the molecule is CN(C)Cc1ccc(CNC(=O)c2cc(Br)ccc2F)cc1. The fraction of sp³-hybridized carbons (Fsp3) is 0.235. The highest BCUT2D eigenvalue weighted by Gasteiger charge is 2.11. The number of benzene rings is 2. The summed E-state index contributed by atoms with van der Waals surface area (Å²) >= 11 is 3.24. The number of carbonyl (C=O) groups excluding carboxylic acids is 1. The Labute approximate surface area is 138 Å². The highest BCUT2D eigenvalue weighted by Crippen LogP contribution is 2.15. The lowest BCUT2D eigenvalue weighted by Gasteiger charge is -2.11. The summed E-state index contributed by atoms with van der Waals surface area (Å²) in [5.74, 6) is -0.946. The fourth-order valence-electron chi connectivity index (χ4n) is 2.08. The molecule has 0 saturated heterocycles. The van der Waals surface area contributed by atoms with Crippen molar-refractivity contribution in [3.05, 3.63) is 69.4 Å². The first-order chi connectivity index (χ1) is 10.5. The van der Waals surface area contributed by atoms with E-state index >= 15 is 0 Å². The minimum absolute atomic E-state index is 0.0404. The van der Waals surface area contributed by atoms with Crippen LogP contribution in [0.5, 0.6) is 0 Å². The van der Waals surface area contributed by atoms with Crippen molar-refractivity contribution in [1.29, 1.82) is 0 Å². The molecule has 0 aliphatic heterocycles. The van der Waals surface area contributed by atoms with E-state index in [2.05, 4.69) is 26.1 Å². The molecule has 0 atom stereocenters. The van der Waals surface area contributed by atoms with Crippen molar-refractivity contribution >= 4 is 21.8 Å². The Morgan fingerprint density at radius 2 is 1.77 bits per heavy atom. The predicted octanol–water partition coefficient (Wildman–Crippen LogP) is 3.58. The summed E-state index contributed by atoms with van der Waals surface area (Å²) in [5.41, 5.74) is 2.22. The van der Waals surface area contributed by atoms with Crippen molar-refractivity contribution in [2.24, 2.45) is 0 Å². The molecule has 22 heavy (non-hydrogen) atoms. The van der Waals surface area contributed by atoms with E-state index in [1.807, 2.05) is 38.4 Å². The van der Waals surface area contributed by atoms with Gasteiger partial charge in [-0.25, -0.2) is 4.39 Å². The van der Waals surface area contributed by atoms with Gasteiger partial charge in [0.1, 0.15) is 5.82 Å². The van der Waals surface area contributed by atoms with Crippen LogP contribution in [-0.4, -0.2) is 24.9 Å². The maximum absolute atomic E-state index is 13.6. The van der Waals surface area contributed by atoms with Crippen molar-refractivity contribution in [2.75, 3.05) is 14.1 Å². The molecule has 0 aliphatic carbocycles. The summed E-state index contributed by atoms with van der Waals surface area (Å²) in [4.78, 5) is 14.1. The molecule has 1 amide bonds. The van der Waals surface area contributed by atoms with E-state index in [0.717, 1.165) is 12.1 Å². The lowest BCUT2D eigenvalue weighted by Crippen LogP contribution is -2.23. The van der Waals surface area contributed by atoms with Gasteiger partial charge in [-0.15, -0.1) is 0 Å². The van der Waals surface area contributed by atoms with Crippen LogP contribution in [0.1, 0.15) is 21.5 Å². The quantitative estimate of drug-likeness (QED) is 0.879. The third kappa shape index (κ3) is 4.64. The monoisotopic (exact) mass is 364 g/mol. The zero-order chi connectivity index (χ0) is 16.1. The molecule has 5 heteroatoms. The van der Waals surface area contributed by atoms with Gasteiger partial charge in [0, 0.05) is 17.6 Å². The summed E-state index contributed by atoms with van der Waals surface area (Å²) in [6.07, 6.45) is 0. The van der Waals surface area contributed by atoms with Gasteiger partial charge in [0.2, 0.25) is 0 Å². The lowest BCUT2D eigenvalue weighted by atomic mass is 10.1. The van der Waals surface area contributed by atoms with Crippen LogP contribution in [0, 0.1) is 5.82 Å². The lowest BCUT2D eigenvalue weighted by molar-refractivity contribution is 0.0947. The van der Waals surface area contributed by atoms with Crippen molar-refractivity contribution in [2.45, 2.75) is 13.1 Å². The Morgan fingerprint density at radius 1 is 1.14 bits per heavy atom. The first-order valence-corrected chi connectivity index (χ1v) is 7.71. The Kier molecular flexibility index (Phi) is 5.69. The van der Waals surface area contributed by atoms with E-state index in [-0.39, 0.29) is 5.56 Å². The smallest absolute Gasteiger partial charge is 0.254 e. The third-order valence-corrected chi connectivity index (χ3v) is 3.64. The summed E-state index contributed by atoms with van der Waals surface area (Å²) in [7, 11) is 4.03. The van der Waals surface area contributed by atoms with Gasteiger partial charge in [0.25, 0.3) is 5.91 Å². The molecule has 0 fully saturated rings. The van der Waals surface area contributed by atoms with Crippen LogP contribution < -0.4 is 5.32 Å². The third-order valence-electron chi connectivity index (χ3n) is 3.15. The molecule has 0 unspecified atom stereocenters. The van der Waals surface area contributed by atoms with Crippen LogP contribution in [0.25, 0.3) is 0 Å². The van der Waals surface area contributed by atoms with Crippen LogP contribution in [0.2, 0.25) is 0 Å². The molecule has 0 saturated carbocycles. The average molecular weight is 365 g/mol. The van der Waals surface area contributed by atoms with Gasteiger partial charge in [-0.3, -0.25) is 4.79 Å². The second-order valence-electron chi connectivity index (χ2n) is 5.36. The van der Waals surface area contributed by atoms with E-state index in [9.17, 15) is 9.18 Å². The van der Waals surface area contributed by atoms with Crippen molar-refractivity contribution in [1.82, 2.24) is 10.2 Å². The molecule has 0 heterocycles. The minimum Gasteiger partial charge on any atom is -0.348 e. The normalized spacial score (nSPS) is 10.8. The average Bonchev–Trinajstić information content (AvgIpc) is 2.48. The van der Waals surface area contributed by atoms with Crippen molar-refractivity contribution in [3.63, 3.8) is 0 Å². The van der Waals surface area contributed by atoms with E-state index in [1.165, 1.54) is 17.7 Å². The van der Waals surface area contributed by atoms with Crippen LogP contribution in [0.15, 0.2) is 46.9 Å². The van der Waals surface area contributed by atoms with Gasteiger partial charge < -0.3 is 10.2 Å². The highest BCUT2D eigenvalue weighted by atomic mass is 79.9. The molecule has 2 rings (SSSR count). The number of rotatable bonds is 5. The molecule has 0 spiro atoms. The molecule has 2 aromatic rings. The topological polar surface area (TPSA) is 32.3 Å². The predicted molar refractivity (Wildman–Crippen MR) is 89.1 cm³/mol. The van der Waals surface area contributed by atoms with Gasteiger partial charge in [-0.2, -0.15) is 0 Å². The van der Waals surface area contributed by atoms with Gasteiger partial charge in [0.05, 0.1) is 5.56 Å². The van der Waals surface area contributed by atoms with Crippen LogP contribution >= 0.6 is 15.9 Å². The summed E-state index contributed by atoms with van der Waals surface area (Å²) < 4.78 is 14.3. The molecular weight excluding hydrogens is 347 g/mol. The van der Waals surface area contributed by atoms with Crippen LogP contribution in [0.3, 0.4) is 0 Å². The number of amides is 1. The van der Waals surface area contributed by atoms with Crippen molar-refractivity contribution in [3.8, 4) is 0 Å². The second kappa shape index (κ2) is 7.51. The summed E-state index contributed by atoms with van der Waals surface area (Å²) in [6.45, 7) is 1.24. The van der Waals surface area contributed by atoms with E-state index in [1.54, 1.807) is 6.07 Å². The van der Waals surface area contributed by atoms with E-state index in [0.29, 0.717) is 11.0 Å². The molecule has 0 aromatic heterocycles. The van der Waals surface area contributed by atoms with Crippen LogP contribution in [-0.2, 0) is 13.1 Å². The zero-order valence-electron chi connectivity index (χ0n) is 12.6.